The highest BCUT2D eigenvalue weighted by atomic mass is 19.1. The molecule has 3 aromatic rings. The number of rotatable bonds is 6. The minimum absolute atomic E-state index is 0.121. The number of halogens is 2. The second kappa shape index (κ2) is 9.24. The minimum Gasteiger partial charge on any atom is -0.487 e. The van der Waals surface area contributed by atoms with Crippen molar-refractivity contribution in [2.24, 2.45) is 5.92 Å². The van der Waals surface area contributed by atoms with Crippen molar-refractivity contribution >= 4 is 5.95 Å². The van der Waals surface area contributed by atoms with Gasteiger partial charge in [-0.05, 0) is 36.8 Å². The molecule has 3 heterocycles. The van der Waals surface area contributed by atoms with Gasteiger partial charge in [-0.25, -0.2) is 18.7 Å². The van der Waals surface area contributed by atoms with Crippen molar-refractivity contribution in [3.63, 3.8) is 0 Å². The predicted octanol–water partition coefficient (Wildman–Crippen LogP) is 3.76. The van der Waals surface area contributed by atoms with Crippen LogP contribution in [0, 0.1) is 17.6 Å². The average Bonchev–Trinajstić information content (AvgIpc) is 2.79. The van der Waals surface area contributed by atoms with E-state index in [4.69, 9.17) is 4.74 Å². The molecule has 0 atom stereocenters. The molecule has 1 aromatic carbocycles. The third kappa shape index (κ3) is 4.73. The highest BCUT2D eigenvalue weighted by Gasteiger charge is 2.23. The zero-order valence-corrected chi connectivity index (χ0v) is 17.3. The van der Waals surface area contributed by atoms with Gasteiger partial charge < -0.3 is 9.64 Å². The topological polar surface area (TPSA) is 60.2 Å². The molecule has 1 aliphatic heterocycles. The van der Waals surface area contributed by atoms with E-state index in [9.17, 15) is 13.6 Å². The Morgan fingerprint density at radius 2 is 1.77 bits per heavy atom. The van der Waals surface area contributed by atoms with E-state index in [2.05, 4.69) is 21.8 Å². The number of aryl methyl sites for hydroxylation is 1. The van der Waals surface area contributed by atoms with Gasteiger partial charge in [-0.3, -0.25) is 9.36 Å². The second-order valence-electron chi connectivity index (χ2n) is 7.63. The van der Waals surface area contributed by atoms with E-state index < -0.39 is 17.4 Å². The lowest BCUT2D eigenvalue weighted by Crippen LogP contribution is -2.36. The normalized spacial score (nSPS) is 14.6. The van der Waals surface area contributed by atoms with Crippen LogP contribution in [0.4, 0.5) is 14.7 Å². The molecule has 1 fully saturated rings. The largest absolute Gasteiger partial charge is 0.487 e. The van der Waals surface area contributed by atoms with Crippen LogP contribution in [0.15, 0.2) is 53.7 Å². The number of ether oxygens (including phenoxy) is 1. The van der Waals surface area contributed by atoms with E-state index in [-0.39, 0.29) is 23.8 Å². The first kappa shape index (κ1) is 21.0. The molecule has 4 rings (SSSR count). The SMILES string of the molecule is CCc1cnc(N2CCC(COc3c(F)cc(-n4ccccc4=O)cc3F)CC2)nc1. The zero-order chi connectivity index (χ0) is 21.8. The van der Waals surface area contributed by atoms with Gasteiger partial charge in [-0.1, -0.05) is 13.0 Å². The van der Waals surface area contributed by atoms with E-state index in [1.807, 2.05) is 12.4 Å². The summed E-state index contributed by atoms with van der Waals surface area (Å²) in [5.74, 6) is -1.17. The Labute approximate surface area is 179 Å². The van der Waals surface area contributed by atoms with E-state index in [0.717, 1.165) is 50.0 Å². The monoisotopic (exact) mass is 426 g/mol. The molecule has 1 aliphatic rings. The van der Waals surface area contributed by atoms with Gasteiger partial charge in [0.2, 0.25) is 5.95 Å². The molecule has 31 heavy (non-hydrogen) atoms. The van der Waals surface area contributed by atoms with Gasteiger partial charge >= 0.3 is 0 Å². The summed E-state index contributed by atoms with van der Waals surface area (Å²) < 4.78 is 35.7. The van der Waals surface area contributed by atoms with Crippen molar-refractivity contribution in [3.05, 3.63) is 76.5 Å². The maximum Gasteiger partial charge on any atom is 0.255 e. The Morgan fingerprint density at radius 3 is 2.39 bits per heavy atom. The van der Waals surface area contributed by atoms with Gasteiger partial charge in [0.25, 0.3) is 5.56 Å². The van der Waals surface area contributed by atoms with Crippen LogP contribution in [0.3, 0.4) is 0 Å². The Hall–Kier alpha value is -3.29. The summed E-state index contributed by atoms with van der Waals surface area (Å²) in [5, 5.41) is 0. The van der Waals surface area contributed by atoms with Crippen LogP contribution in [0.1, 0.15) is 25.3 Å². The summed E-state index contributed by atoms with van der Waals surface area (Å²) in [6.45, 7) is 3.81. The zero-order valence-electron chi connectivity index (χ0n) is 17.3. The standard InChI is InChI=1S/C23H24F2N4O2/c1-2-16-13-26-23(27-14-16)28-9-6-17(7-10-28)15-31-22-19(24)11-18(12-20(22)25)29-8-4-3-5-21(29)30/h3-5,8,11-14,17H,2,6-7,9-10,15H2,1H3. The van der Waals surface area contributed by atoms with Crippen LogP contribution in [0.2, 0.25) is 0 Å². The number of aromatic nitrogens is 3. The van der Waals surface area contributed by atoms with E-state index in [1.54, 1.807) is 12.1 Å². The first-order valence-corrected chi connectivity index (χ1v) is 10.4. The summed E-state index contributed by atoms with van der Waals surface area (Å²) >= 11 is 0. The summed E-state index contributed by atoms with van der Waals surface area (Å²) in [6.07, 6.45) is 7.69. The highest BCUT2D eigenvalue weighted by Crippen LogP contribution is 2.27. The molecule has 0 bridgehead atoms. The fourth-order valence-corrected chi connectivity index (χ4v) is 3.66. The van der Waals surface area contributed by atoms with Gasteiger partial charge in [-0.15, -0.1) is 0 Å². The quantitative estimate of drug-likeness (QED) is 0.601. The molecule has 2 aromatic heterocycles. The molecule has 0 spiro atoms. The van der Waals surface area contributed by atoms with Crippen LogP contribution < -0.4 is 15.2 Å². The number of piperidine rings is 1. The third-order valence-corrected chi connectivity index (χ3v) is 5.54. The van der Waals surface area contributed by atoms with E-state index in [0.29, 0.717) is 5.95 Å². The number of pyridine rings is 1. The van der Waals surface area contributed by atoms with Crippen molar-refractivity contribution in [1.82, 2.24) is 14.5 Å². The Balaban J connectivity index is 1.36. The van der Waals surface area contributed by atoms with Crippen LogP contribution >= 0.6 is 0 Å². The first-order chi connectivity index (χ1) is 15.0. The minimum atomic E-state index is -0.826. The smallest absolute Gasteiger partial charge is 0.255 e. The fraction of sp³-hybridized carbons (Fsp3) is 0.348. The molecule has 8 heteroatoms. The molecule has 0 N–H and O–H groups in total. The number of hydrogen-bond acceptors (Lipinski definition) is 5. The van der Waals surface area contributed by atoms with Gasteiger partial charge in [0.15, 0.2) is 17.4 Å². The number of hydrogen-bond donors (Lipinski definition) is 0. The second-order valence-corrected chi connectivity index (χ2v) is 7.63. The van der Waals surface area contributed by atoms with Crippen LogP contribution in [0.5, 0.6) is 5.75 Å². The molecule has 0 saturated carbocycles. The molecule has 0 amide bonds. The fourth-order valence-electron chi connectivity index (χ4n) is 3.66. The van der Waals surface area contributed by atoms with Crippen molar-refractivity contribution in [2.75, 3.05) is 24.6 Å². The van der Waals surface area contributed by atoms with Gasteiger partial charge in [0.1, 0.15) is 0 Å². The van der Waals surface area contributed by atoms with Crippen molar-refractivity contribution in [2.45, 2.75) is 26.2 Å². The molecule has 1 saturated heterocycles. The molecule has 0 aliphatic carbocycles. The highest BCUT2D eigenvalue weighted by molar-refractivity contribution is 5.40. The van der Waals surface area contributed by atoms with Gasteiger partial charge in [0.05, 0.1) is 12.3 Å². The van der Waals surface area contributed by atoms with Crippen LogP contribution in [-0.2, 0) is 6.42 Å². The van der Waals surface area contributed by atoms with Gasteiger partial charge in [-0.2, -0.15) is 0 Å². The molecule has 6 nitrogen and oxygen atoms in total. The first-order valence-electron chi connectivity index (χ1n) is 10.4. The lowest BCUT2D eigenvalue weighted by molar-refractivity contribution is 0.207. The molecular formula is C23H24F2N4O2. The summed E-state index contributed by atoms with van der Waals surface area (Å²) in [7, 11) is 0. The van der Waals surface area contributed by atoms with E-state index >= 15 is 0 Å². The average molecular weight is 426 g/mol. The lowest BCUT2D eigenvalue weighted by Gasteiger charge is -2.31. The molecule has 162 valence electrons. The van der Waals surface area contributed by atoms with Crippen molar-refractivity contribution in [3.8, 4) is 11.4 Å². The summed E-state index contributed by atoms with van der Waals surface area (Å²) in [4.78, 5) is 22.8. The van der Waals surface area contributed by atoms with Crippen LogP contribution in [0.25, 0.3) is 5.69 Å². The van der Waals surface area contributed by atoms with Crippen molar-refractivity contribution < 1.29 is 13.5 Å². The number of nitrogens with zero attached hydrogens (tertiary/aromatic N) is 4. The lowest BCUT2D eigenvalue weighted by atomic mass is 9.98. The third-order valence-electron chi connectivity index (χ3n) is 5.54. The maximum absolute atomic E-state index is 14.5. The maximum atomic E-state index is 14.5. The van der Waals surface area contributed by atoms with E-state index in [1.165, 1.54) is 16.8 Å². The van der Waals surface area contributed by atoms with Crippen LogP contribution in [-0.4, -0.2) is 34.2 Å². The Bertz CT molecular complexity index is 1070. The van der Waals surface area contributed by atoms with Crippen molar-refractivity contribution in [1.29, 1.82) is 0 Å². The Kier molecular flexibility index (Phi) is 6.25. The number of benzene rings is 1. The predicted molar refractivity (Wildman–Crippen MR) is 114 cm³/mol. The summed E-state index contributed by atoms with van der Waals surface area (Å²) in [6, 6.07) is 6.74. The molecular weight excluding hydrogens is 402 g/mol. The molecule has 0 unspecified atom stereocenters. The molecule has 0 radical (unpaired) electrons. The van der Waals surface area contributed by atoms with Gasteiger partial charge in [0, 0.05) is 49.9 Å². The number of anilines is 1. The summed E-state index contributed by atoms with van der Waals surface area (Å²) in [5.41, 5.74) is 0.852. The Morgan fingerprint density at radius 1 is 1.10 bits per heavy atom.